The first-order valence-corrected chi connectivity index (χ1v) is 6.70. The summed E-state index contributed by atoms with van der Waals surface area (Å²) in [4.78, 5) is 27.8. The minimum atomic E-state index is -0.502. The lowest BCUT2D eigenvalue weighted by atomic mass is 10.0. The van der Waals surface area contributed by atoms with Crippen LogP contribution in [0.4, 0.5) is 0 Å². The molecule has 1 atom stereocenters. The van der Waals surface area contributed by atoms with E-state index in [2.05, 4.69) is 10.3 Å². The maximum Gasteiger partial charge on any atom is 0.339 e. The number of rotatable bonds is 4. The Kier molecular flexibility index (Phi) is 3.64. The highest BCUT2D eigenvalue weighted by Crippen LogP contribution is 2.32. The number of nitrogens with one attached hydrogen (secondary N) is 1. The lowest BCUT2D eigenvalue weighted by Gasteiger charge is -2.10. The number of pyridine rings is 1. The third-order valence-corrected chi connectivity index (χ3v) is 3.34. The van der Waals surface area contributed by atoms with Crippen molar-refractivity contribution in [2.45, 2.75) is 19.1 Å². The van der Waals surface area contributed by atoms with Gasteiger partial charge in [0.1, 0.15) is 6.10 Å². The molecule has 0 saturated carbocycles. The summed E-state index contributed by atoms with van der Waals surface area (Å²) in [6.07, 6.45) is 1.30. The van der Waals surface area contributed by atoms with Crippen LogP contribution >= 0.6 is 0 Å². The Morgan fingerprint density at radius 2 is 2.00 bits per heavy atom. The molecule has 3 rings (SSSR count). The molecule has 5 nitrogen and oxygen atoms in total. The van der Waals surface area contributed by atoms with Crippen LogP contribution in [0, 0.1) is 0 Å². The van der Waals surface area contributed by atoms with E-state index in [0.717, 1.165) is 11.3 Å². The van der Waals surface area contributed by atoms with Crippen LogP contribution in [0.1, 0.15) is 34.1 Å². The molecule has 0 radical (unpaired) electrons. The van der Waals surface area contributed by atoms with E-state index in [0.29, 0.717) is 12.1 Å². The van der Waals surface area contributed by atoms with Crippen molar-refractivity contribution in [3.8, 4) is 0 Å². The number of carbonyl (C=O) groups excluding carboxylic acids is 2. The molecule has 106 valence electrons. The van der Waals surface area contributed by atoms with E-state index in [-0.39, 0.29) is 18.3 Å². The summed E-state index contributed by atoms with van der Waals surface area (Å²) >= 11 is 0. The molecule has 0 spiro atoms. The van der Waals surface area contributed by atoms with Gasteiger partial charge in [0.15, 0.2) is 0 Å². The first kappa shape index (κ1) is 13.3. The summed E-state index contributed by atoms with van der Waals surface area (Å²) in [6, 6.07) is 12.7. The molecule has 1 amide bonds. The van der Waals surface area contributed by atoms with Crippen molar-refractivity contribution in [3.63, 3.8) is 0 Å². The number of hydrogen-bond acceptors (Lipinski definition) is 4. The second-order valence-corrected chi connectivity index (χ2v) is 4.78. The average Bonchev–Trinajstić information content (AvgIpc) is 2.83. The number of amides is 1. The van der Waals surface area contributed by atoms with Crippen LogP contribution in [0.3, 0.4) is 0 Å². The molecule has 1 N–H and O–H groups in total. The molecule has 0 bridgehead atoms. The predicted octanol–water partition coefficient (Wildman–Crippen LogP) is 2.00. The Hall–Kier alpha value is -2.69. The Balaban J connectivity index is 1.60. The summed E-state index contributed by atoms with van der Waals surface area (Å²) in [7, 11) is 0. The quantitative estimate of drug-likeness (QED) is 0.871. The zero-order valence-electron chi connectivity index (χ0n) is 11.3. The highest BCUT2D eigenvalue weighted by atomic mass is 16.5. The van der Waals surface area contributed by atoms with Crippen LogP contribution in [0.25, 0.3) is 0 Å². The molecule has 1 aromatic heterocycles. The van der Waals surface area contributed by atoms with Gasteiger partial charge in [0.05, 0.1) is 24.2 Å². The Bertz CT molecular complexity index is 670. The maximum absolute atomic E-state index is 12.0. The van der Waals surface area contributed by atoms with E-state index in [1.165, 1.54) is 0 Å². The highest BCUT2D eigenvalue weighted by Gasteiger charge is 2.31. The zero-order chi connectivity index (χ0) is 14.7. The van der Waals surface area contributed by atoms with Crippen molar-refractivity contribution in [1.29, 1.82) is 0 Å². The summed E-state index contributed by atoms with van der Waals surface area (Å²) in [5.41, 5.74) is 2.10. The maximum atomic E-state index is 12.0. The van der Waals surface area contributed by atoms with E-state index in [1.54, 1.807) is 18.3 Å². The van der Waals surface area contributed by atoms with Gasteiger partial charge in [0, 0.05) is 11.8 Å². The van der Waals surface area contributed by atoms with Crippen molar-refractivity contribution in [1.82, 2.24) is 10.3 Å². The first-order valence-electron chi connectivity index (χ1n) is 6.70. The van der Waals surface area contributed by atoms with E-state index in [1.807, 2.05) is 30.3 Å². The number of esters is 1. The molecule has 2 aromatic rings. The number of carbonyl (C=O) groups is 2. The van der Waals surface area contributed by atoms with Gasteiger partial charge in [-0.2, -0.15) is 0 Å². The van der Waals surface area contributed by atoms with Gasteiger partial charge in [-0.15, -0.1) is 0 Å². The third kappa shape index (κ3) is 2.91. The number of cyclic esters (lactones) is 1. The van der Waals surface area contributed by atoms with Crippen LogP contribution in [-0.4, -0.2) is 16.9 Å². The van der Waals surface area contributed by atoms with E-state index in [4.69, 9.17) is 4.74 Å². The highest BCUT2D eigenvalue weighted by molar-refractivity contribution is 5.94. The molecule has 1 aromatic carbocycles. The van der Waals surface area contributed by atoms with Crippen molar-refractivity contribution in [2.24, 2.45) is 0 Å². The summed E-state index contributed by atoms with van der Waals surface area (Å²) in [5, 5.41) is 2.78. The second-order valence-electron chi connectivity index (χ2n) is 4.78. The van der Waals surface area contributed by atoms with Gasteiger partial charge in [-0.25, -0.2) is 4.79 Å². The number of fused-ring (bicyclic) bond motifs is 1. The Morgan fingerprint density at radius 3 is 2.81 bits per heavy atom. The molecule has 1 unspecified atom stereocenters. The fraction of sp³-hybridized carbons (Fsp3) is 0.188. The van der Waals surface area contributed by atoms with Crippen molar-refractivity contribution >= 4 is 11.9 Å². The fourth-order valence-corrected chi connectivity index (χ4v) is 2.30. The molecule has 2 heterocycles. The van der Waals surface area contributed by atoms with E-state index >= 15 is 0 Å². The number of benzene rings is 1. The van der Waals surface area contributed by atoms with Gasteiger partial charge in [0.25, 0.3) is 0 Å². The monoisotopic (exact) mass is 282 g/mol. The van der Waals surface area contributed by atoms with Gasteiger partial charge in [0.2, 0.25) is 5.91 Å². The molecule has 1 aliphatic heterocycles. The number of hydrogen-bond donors (Lipinski definition) is 1. The molecule has 0 saturated heterocycles. The molecular formula is C16H14N2O3. The molecular weight excluding hydrogens is 268 g/mol. The average molecular weight is 282 g/mol. The summed E-state index contributed by atoms with van der Waals surface area (Å²) in [6.45, 7) is 0.363. The van der Waals surface area contributed by atoms with Gasteiger partial charge >= 0.3 is 5.97 Å². The second kappa shape index (κ2) is 5.75. The standard InChI is InChI=1S/C16H14N2O3/c19-15(18-10-11-5-3-4-8-17-11)9-14-12-6-1-2-7-13(12)16(20)21-14/h1-8,14H,9-10H2,(H,18,19). The topological polar surface area (TPSA) is 68.3 Å². The van der Waals surface area contributed by atoms with Crippen molar-refractivity contribution in [2.75, 3.05) is 0 Å². The first-order chi connectivity index (χ1) is 10.2. The van der Waals surface area contributed by atoms with Gasteiger partial charge in [-0.3, -0.25) is 9.78 Å². The van der Waals surface area contributed by atoms with Gasteiger partial charge in [-0.1, -0.05) is 24.3 Å². The molecule has 0 aliphatic carbocycles. The van der Waals surface area contributed by atoms with E-state index < -0.39 is 6.10 Å². The lowest BCUT2D eigenvalue weighted by Crippen LogP contribution is -2.25. The smallest absolute Gasteiger partial charge is 0.339 e. The fourth-order valence-electron chi connectivity index (χ4n) is 2.30. The number of ether oxygens (including phenoxy) is 1. The normalized spacial score (nSPS) is 16.2. The van der Waals surface area contributed by atoms with Crippen molar-refractivity contribution < 1.29 is 14.3 Å². The van der Waals surface area contributed by atoms with Gasteiger partial charge < -0.3 is 10.1 Å². The van der Waals surface area contributed by atoms with Gasteiger partial charge in [-0.05, 0) is 18.2 Å². The third-order valence-electron chi connectivity index (χ3n) is 3.34. The summed E-state index contributed by atoms with van der Waals surface area (Å²) in [5.74, 6) is -0.539. The minimum absolute atomic E-state index is 0.121. The SMILES string of the molecule is O=C(CC1OC(=O)c2ccccc21)NCc1ccccn1. The van der Waals surface area contributed by atoms with Crippen LogP contribution in [-0.2, 0) is 16.1 Å². The lowest BCUT2D eigenvalue weighted by molar-refractivity contribution is -0.123. The Labute approximate surface area is 122 Å². The van der Waals surface area contributed by atoms with Crippen LogP contribution in [0.5, 0.6) is 0 Å². The number of aromatic nitrogens is 1. The molecule has 1 aliphatic rings. The largest absolute Gasteiger partial charge is 0.453 e. The molecule has 0 fully saturated rings. The van der Waals surface area contributed by atoms with Crippen LogP contribution in [0.15, 0.2) is 48.7 Å². The van der Waals surface area contributed by atoms with Crippen molar-refractivity contribution in [3.05, 3.63) is 65.5 Å². The zero-order valence-corrected chi connectivity index (χ0v) is 11.3. The van der Waals surface area contributed by atoms with E-state index in [9.17, 15) is 9.59 Å². The molecule has 21 heavy (non-hydrogen) atoms. The molecule has 5 heteroatoms. The van der Waals surface area contributed by atoms with Crippen LogP contribution in [0.2, 0.25) is 0 Å². The number of nitrogens with zero attached hydrogens (tertiary/aromatic N) is 1. The van der Waals surface area contributed by atoms with Crippen LogP contribution < -0.4 is 5.32 Å². The Morgan fingerprint density at radius 1 is 1.19 bits per heavy atom. The minimum Gasteiger partial charge on any atom is -0.453 e. The predicted molar refractivity (Wildman–Crippen MR) is 75.3 cm³/mol. The summed E-state index contributed by atoms with van der Waals surface area (Å²) < 4.78 is 5.24.